The van der Waals surface area contributed by atoms with E-state index in [1.54, 1.807) is 0 Å². The first-order valence-corrected chi connectivity index (χ1v) is 6.89. The molecule has 1 atom stereocenters. The highest BCUT2D eigenvalue weighted by Crippen LogP contribution is 2.27. The third-order valence-corrected chi connectivity index (χ3v) is 4.24. The summed E-state index contributed by atoms with van der Waals surface area (Å²) < 4.78 is 0. The summed E-state index contributed by atoms with van der Waals surface area (Å²) in [6, 6.07) is 4.36. The number of pyridine rings is 1. The van der Waals surface area contributed by atoms with Crippen LogP contribution in [0.4, 0.5) is 0 Å². The molecule has 0 spiro atoms. The zero-order chi connectivity index (χ0) is 12.3. The zero-order valence-corrected chi connectivity index (χ0v) is 11.4. The van der Waals surface area contributed by atoms with Crippen molar-refractivity contribution in [3.05, 3.63) is 30.1 Å². The van der Waals surface area contributed by atoms with Crippen LogP contribution in [-0.2, 0) is 0 Å². The van der Waals surface area contributed by atoms with Crippen LogP contribution in [0, 0.1) is 5.41 Å². The molecular weight excluding hydrogens is 230 g/mol. The van der Waals surface area contributed by atoms with Crippen molar-refractivity contribution in [2.24, 2.45) is 10.4 Å². The van der Waals surface area contributed by atoms with Gasteiger partial charge in [0.05, 0.1) is 6.04 Å². The van der Waals surface area contributed by atoms with E-state index in [4.69, 9.17) is 0 Å². The van der Waals surface area contributed by atoms with E-state index < -0.39 is 0 Å². The van der Waals surface area contributed by atoms with Crippen molar-refractivity contribution in [1.29, 1.82) is 0 Å². The van der Waals surface area contributed by atoms with E-state index in [0.29, 0.717) is 5.41 Å². The van der Waals surface area contributed by atoms with E-state index in [-0.39, 0.29) is 6.04 Å². The fourth-order valence-corrected chi connectivity index (χ4v) is 2.68. The topological polar surface area (TPSA) is 37.3 Å². The summed E-state index contributed by atoms with van der Waals surface area (Å²) in [4.78, 5) is 8.63. The lowest BCUT2D eigenvalue weighted by atomic mass is 9.97. The van der Waals surface area contributed by atoms with Crippen LogP contribution in [0.2, 0.25) is 0 Å². The minimum atomic E-state index is 0.283. The molecule has 0 fully saturated rings. The Balaban J connectivity index is 1.96. The van der Waals surface area contributed by atoms with Crippen molar-refractivity contribution < 1.29 is 0 Å². The smallest absolute Gasteiger partial charge is 0.157 e. The molecule has 3 nitrogen and oxygen atoms in total. The Labute approximate surface area is 107 Å². The van der Waals surface area contributed by atoms with Crippen molar-refractivity contribution in [2.45, 2.75) is 26.8 Å². The average Bonchev–Trinajstić information content (AvgIpc) is 2.33. The highest BCUT2D eigenvalue weighted by molar-refractivity contribution is 8.13. The van der Waals surface area contributed by atoms with Gasteiger partial charge in [0.2, 0.25) is 0 Å². The quantitative estimate of drug-likeness (QED) is 0.875. The largest absolute Gasteiger partial charge is 0.358 e. The molecule has 0 aliphatic carbocycles. The molecule has 0 bridgehead atoms. The summed E-state index contributed by atoms with van der Waals surface area (Å²) in [5, 5.41) is 4.52. The molecule has 1 aliphatic heterocycles. The summed E-state index contributed by atoms with van der Waals surface area (Å²) >= 11 is 1.82. The Morgan fingerprint density at radius 1 is 1.35 bits per heavy atom. The number of hydrogen-bond acceptors (Lipinski definition) is 4. The number of thioether (sulfide) groups is 1. The van der Waals surface area contributed by atoms with Gasteiger partial charge in [-0.2, -0.15) is 0 Å². The maximum Gasteiger partial charge on any atom is 0.157 e. The number of rotatable bonds is 2. The SMILES string of the molecule is CC(NC1=NCC(C)(C)CS1)c1ccncc1. The van der Waals surface area contributed by atoms with Gasteiger partial charge in [0.1, 0.15) is 0 Å². The second kappa shape index (κ2) is 5.08. The van der Waals surface area contributed by atoms with Crippen LogP contribution in [0.15, 0.2) is 29.5 Å². The number of aliphatic imine (C=N–C) groups is 1. The Kier molecular flexibility index (Phi) is 3.72. The van der Waals surface area contributed by atoms with Gasteiger partial charge in [-0.1, -0.05) is 25.6 Å². The van der Waals surface area contributed by atoms with Gasteiger partial charge >= 0.3 is 0 Å². The maximum absolute atomic E-state index is 4.60. The molecule has 1 unspecified atom stereocenters. The average molecular weight is 249 g/mol. The molecule has 17 heavy (non-hydrogen) atoms. The van der Waals surface area contributed by atoms with Crippen molar-refractivity contribution in [3.63, 3.8) is 0 Å². The third kappa shape index (κ3) is 3.46. The Morgan fingerprint density at radius 2 is 2.06 bits per heavy atom. The highest BCUT2D eigenvalue weighted by atomic mass is 32.2. The Morgan fingerprint density at radius 3 is 2.65 bits per heavy atom. The van der Waals surface area contributed by atoms with E-state index in [1.165, 1.54) is 5.56 Å². The molecule has 0 aromatic carbocycles. The van der Waals surface area contributed by atoms with Crippen LogP contribution in [0.5, 0.6) is 0 Å². The molecule has 0 amide bonds. The van der Waals surface area contributed by atoms with Crippen molar-refractivity contribution in [2.75, 3.05) is 12.3 Å². The predicted molar refractivity (Wildman–Crippen MR) is 74.3 cm³/mol. The normalized spacial score (nSPS) is 20.5. The summed E-state index contributed by atoms with van der Waals surface area (Å²) in [5.74, 6) is 1.13. The molecule has 4 heteroatoms. The van der Waals surface area contributed by atoms with Crippen LogP contribution in [0.25, 0.3) is 0 Å². The number of amidine groups is 1. The molecule has 92 valence electrons. The molecule has 0 saturated carbocycles. The Hall–Kier alpha value is -1.03. The first-order valence-electron chi connectivity index (χ1n) is 5.90. The number of nitrogens with one attached hydrogen (secondary N) is 1. The first-order chi connectivity index (χ1) is 8.07. The summed E-state index contributed by atoms with van der Waals surface area (Å²) in [5.41, 5.74) is 1.57. The fraction of sp³-hybridized carbons (Fsp3) is 0.538. The van der Waals surface area contributed by atoms with E-state index in [9.17, 15) is 0 Å². The molecule has 1 aromatic rings. The second-order valence-corrected chi connectivity index (χ2v) is 6.18. The van der Waals surface area contributed by atoms with Crippen molar-refractivity contribution >= 4 is 16.9 Å². The molecular formula is C13H19N3S. The standard InChI is InChI=1S/C13H19N3S/c1-10(11-4-6-14-7-5-11)16-12-15-8-13(2,3)9-17-12/h4-7,10H,8-9H2,1-3H3,(H,15,16). The first kappa shape index (κ1) is 12.4. The van der Waals surface area contributed by atoms with E-state index >= 15 is 0 Å². The van der Waals surface area contributed by atoms with Crippen molar-refractivity contribution in [3.8, 4) is 0 Å². The zero-order valence-electron chi connectivity index (χ0n) is 10.6. The van der Waals surface area contributed by atoms with Crippen LogP contribution in [0.3, 0.4) is 0 Å². The van der Waals surface area contributed by atoms with E-state index in [1.807, 2.05) is 36.3 Å². The molecule has 2 heterocycles. The highest BCUT2D eigenvalue weighted by Gasteiger charge is 2.23. The minimum absolute atomic E-state index is 0.283. The van der Waals surface area contributed by atoms with Gasteiger partial charge in [0.25, 0.3) is 0 Å². The lowest BCUT2D eigenvalue weighted by Crippen LogP contribution is -2.32. The molecule has 1 aliphatic rings. The van der Waals surface area contributed by atoms with Gasteiger partial charge in [-0.05, 0) is 30.0 Å². The molecule has 0 radical (unpaired) electrons. The predicted octanol–water partition coefficient (Wildman–Crippen LogP) is 2.86. The van der Waals surface area contributed by atoms with Crippen LogP contribution >= 0.6 is 11.8 Å². The molecule has 0 saturated heterocycles. The van der Waals surface area contributed by atoms with Crippen molar-refractivity contribution in [1.82, 2.24) is 10.3 Å². The van der Waals surface area contributed by atoms with E-state index in [0.717, 1.165) is 17.5 Å². The molecule has 1 aromatic heterocycles. The molecule has 1 N–H and O–H groups in total. The van der Waals surface area contributed by atoms with Crippen LogP contribution in [-0.4, -0.2) is 22.4 Å². The lowest BCUT2D eigenvalue weighted by molar-refractivity contribution is 0.436. The summed E-state index contributed by atoms with van der Waals surface area (Å²) in [6.45, 7) is 7.57. The number of hydrogen-bond donors (Lipinski definition) is 1. The lowest BCUT2D eigenvalue weighted by Gasteiger charge is -2.28. The van der Waals surface area contributed by atoms with Gasteiger partial charge in [-0.3, -0.25) is 9.98 Å². The minimum Gasteiger partial charge on any atom is -0.358 e. The molecule has 2 rings (SSSR count). The van der Waals surface area contributed by atoms with Gasteiger partial charge in [-0.25, -0.2) is 0 Å². The fourth-order valence-electron chi connectivity index (χ4n) is 1.65. The van der Waals surface area contributed by atoms with Gasteiger partial charge < -0.3 is 5.32 Å². The monoisotopic (exact) mass is 249 g/mol. The van der Waals surface area contributed by atoms with Gasteiger partial charge in [-0.15, -0.1) is 0 Å². The van der Waals surface area contributed by atoms with Gasteiger partial charge in [0.15, 0.2) is 5.17 Å². The maximum atomic E-state index is 4.60. The summed E-state index contributed by atoms with van der Waals surface area (Å²) in [7, 11) is 0. The second-order valence-electron chi connectivity index (χ2n) is 5.22. The van der Waals surface area contributed by atoms with Crippen LogP contribution in [0.1, 0.15) is 32.4 Å². The Bertz CT molecular complexity index is 400. The van der Waals surface area contributed by atoms with Gasteiger partial charge in [0, 0.05) is 24.7 Å². The summed E-state index contributed by atoms with van der Waals surface area (Å²) in [6.07, 6.45) is 3.65. The van der Waals surface area contributed by atoms with E-state index in [2.05, 4.69) is 36.1 Å². The number of nitrogens with zero attached hydrogens (tertiary/aromatic N) is 2. The van der Waals surface area contributed by atoms with Crippen LogP contribution < -0.4 is 5.32 Å². The number of aromatic nitrogens is 1. The third-order valence-electron chi connectivity index (χ3n) is 2.80.